The summed E-state index contributed by atoms with van der Waals surface area (Å²) >= 11 is 0. The first kappa shape index (κ1) is 21.2. The fourth-order valence-electron chi connectivity index (χ4n) is 1.62. The lowest BCUT2D eigenvalue weighted by atomic mass is 10.1. The molecule has 8 nitrogen and oxygen atoms in total. The minimum atomic E-state index is -1.26. The molecule has 0 aliphatic rings. The first-order chi connectivity index (χ1) is 10.8. The van der Waals surface area contributed by atoms with E-state index in [9.17, 15) is 19.2 Å². The van der Waals surface area contributed by atoms with E-state index < -0.39 is 48.6 Å². The molecule has 0 bridgehead atoms. The minimum Gasteiger partial charge on any atom is -0.481 e. The Kier molecular flexibility index (Phi) is 10.8. The minimum absolute atomic E-state index is 0.204. The molecule has 0 fully saturated rings. The number of carbonyl (C=O) groups is 4. The first-order valence-electron chi connectivity index (χ1n) is 7.60. The maximum absolute atomic E-state index is 11.9. The molecule has 2 atom stereocenters. The molecule has 8 heteroatoms. The van der Waals surface area contributed by atoms with E-state index in [1.807, 2.05) is 6.92 Å². The van der Waals surface area contributed by atoms with Crippen molar-refractivity contribution in [2.45, 2.75) is 65.1 Å². The van der Waals surface area contributed by atoms with Crippen molar-refractivity contribution in [1.29, 1.82) is 0 Å². The summed E-state index contributed by atoms with van der Waals surface area (Å²) in [6, 6.07) is 0. The Morgan fingerprint density at radius 3 is 1.74 bits per heavy atom. The Balaban J connectivity index is 4.45. The zero-order valence-electron chi connectivity index (χ0n) is 13.7. The molecule has 0 heterocycles. The highest BCUT2D eigenvalue weighted by Gasteiger charge is 2.26. The van der Waals surface area contributed by atoms with Crippen LogP contribution in [-0.2, 0) is 33.7 Å². The topological polar surface area (TPSA) is 116 Å². The third-order valence-electron chi connectivity index (χ3n) is 2.86. The Labute approximate surface area is 135 Å². The highest BCUT2D eigenvalue weighted by atomic mass is 17.2. The number of ether oxygens (including phenoxy) is 1. The van der Waals surface area contributed by atoms with Gasteiger partial charge in [0.05, 0.1) is 6.61 Å². The van der Waals surface area contributed by atoms with Gasteiger partial charge in [0.1, 0.15) is 12.8 Å². The molecular weight excluding hydrogens is 308 g/mol. The van der Waals surface area contributed by atoms with Gasteiger partial charge in [0.25, 0.3) is 0 Å². The van der Waals surface area contributed by atoms with E-state index in [-0.39, 0.29) is 19.4 Å². The molecule has 0 saturated heterocycles. The second-order valence-corrected chi connectivity index (χ2v) is 4.89. The van der Waals surface area contributed by atoms with Crippen LogP contribution in [0.5, 0.6) is 0 Å². The van der Waals surface area contributed by atoms with Crippen molar-refractivity contribution in [3.63, 3.8) is 0 Å². The maximum Gasteiger partial charge on any atom is 0.313 e. The number of esters is 1. The smallest absolute Gasteiger partial charge is 0.313 e. The van der Waals surface area contributed by atoms with E-state index >= 15 is 0 Å². The molecule has 2 unspecified atom stereocenters. The second kappa shape index (κ2) is 11.7. The lowest BCUT2D eigenvalue weighted by Crippen LogP contribution is -2.32. The summed E-state index contributed by atoms with van der Waals surface area (Å²) in [5.74, 6) is -3.08. The van der Waals surface area contributed by atoms with E-state index in [1.165, 1.54) is 0 Å². The molecule has 0 amide bonds. The zero-order valence-corrected chi connectivity index (χ0v) is 13.7. The molecule has 0 aliphatic heterocycles. The summed E-state index contributed by atoms with van der Waals surface area (Å²) in [5.41, 5.74) is 0. The van der Waals surface area contributed by atoms with Gasteiger partial charge in [-0.3, -0.25) is 19.2 Å². The van der Waals surface area contributed by atoms with Crippen molar-refractivity contribution in [2.24, 2.45) is 0 Å². The van der Waals surface area contributed by atoms with Crippen molar-refractivity contribution < 1.29 is 38.8 Å². The van der Waals surface area contributed by atoms with Crippen LogP contribution in [0.3, 0.4) is 0 Å². The van der Waals surface area contributed by atoms with Gasteiger partial charge in [-0.15, -0.1) is 0 Å². The maximum atomic E-state index is 11.9. The van der Waals surface area contributed by atoms with Crippen LogP contribution in [0.25, 0.3) is 0 Å². The molecule has 0 aliphatic carbocycles. The molecule has 0 spiro atoms. The van der Waals surface area contributed by atoms with Crippen LogP contribution in [0.1, 0.15) is 52.9 Å². The van der Waals surface area contributed by atoms with E-state index in [2.05, 4.69) is 0 Å². The van der Waals surface area contributed by atoms with Gasteiger partial charge in [0, 0.05) is 0 Å². The number of hydrogen-bond donors (Lipinski definition) is 1. The summed E-state index contributed by atoms with van der Waals surface area (Å²) < 4.78 is 4.81. The molecule has 0 radical (unpaired) electrons. The zero-order chi connectivity index (χ0) is 17.8. The lowest BCUT2D eigenvalue weighted by Gasteiger charge is -2.18. The average molecular weight is 332 g/mol. The number of aliphatic carboxylic acids is 1. The van der Waals surface area contributed by atoms with E-state index in [1.54, 1.807) is 13.8 Å². The van der Waals surface area contributed by atoms with Crippen molar-refractivity contribution in [2.75, 3.05) is 6.61 Å². The quantitative estimate of drug-likeness (QED) is 0.233. The predicted molar refractivity (Wildman–Crippen MR) is 78.5 cm³/mol. The highest BCUT2D eigenvalue weighted by Crippen LogP contribution is 2.10. The van der Waals surface area contributed by atoms with Crippen molar-refractivity contribution in [3.8, 4) is 0 Å². The van der Waals surface area contributed by atoms with Gasteiger partial charge in [-0.2, -0.15) is 0 Å². The molecule has 132 valence electrons. The number of carboxylic acids is 1. The van der Waals surface area contributed by atoms with Crippen molar-refractivity contribution >= 4 is 23.5 Å². The summed E-state index contributed by atoms with van der Waals surface area (Å²) in [6.07, 6.45) is -2.12. The summed E-state index contributed by atoms with van der Waals surface area (Å²) in [7, 11) is 0. The highest BCUT2D eigenvalue weighted by molar-refractivity contribution is 5.98. The van der Waals surface area contributed by atoms with Gasteiger partial charge in [-0.1, -0.05) is 20.8 Å². The molecule has 0 aromatic rings. The second-order valence-electron chi connectivity index (χ2n) is 4.89. The van der Waals surface area contributed by atoms with Crippen LogP contribution in [0.15, 0.2) is 0 Å². The van der Waals surface area contributed by atoms with Gasteiger partial charge in [-0.05, 0) is 19.3 Å². The number of rotatable bonds is 13. The SMILES string of the molecule is CCCOC(=O)CC(=O)C(CC)OOC(CC)C(=O)CC(=O)O. The Morgan fingerprint density at radius 1 is 0.870 bits per heavy atom. The number of ketones is 2. The largest absolute Gasteiger partial charge is 0.481 e. The molecular formula is C15H24O8. The van der Waals surface area contributed by atoms with Gasteiger partial charge in [-0.25, -0.2) is 9.78 Å². The third-order valence-corrected chi connectivity index (χ3v) is 2.86. The summed E-state index contributed by atoms with van der Waals surface area (Å²) in [6.45, 7) is 5.35. The molecule has 1 N–H and O–H groups in total. The number of carboxylic acid groups (broad SMARTS) is 1. The molecule has 0 aromatic heterocycles. The van der Waals surface area contributed by atoms with E-state index in [0.29, 0.717) is 6.42 Å². The van der Waals surface area contributed by atoms with Crippen LogP contribution in [0.2, 0.25) is 0 Å². The van der Waals surface area contributed by atoms with Crippen LogP contribution < -0.4 is 0 Å². The average Bonchev–Trinajstić information content (AvgIpc) is 2.48. The van der Waals surface area contributed by atoms with Gasteiger partial charge in [0.2, 0.25) is 0 Å². The number of carbonyl (C=O) groups excluding carboxylic acids is 3. The Morgan fingerprint density at radius 2 is 1.35 bits per heavy atom. The molecule has 0 rings (SSSR count). The van der Waals surface area contributed by atoms with Crippen LogP contribution in [0.4, 0.5) is 0 Å². The van der Waals surface area contributed by atoms with Crippen LogP contribution in [-0.4, -0.2) is 47.4 Å². The standard InChI is InChI=1S/C15H24O8/c1-4-7-21-15(20)9-11(17)13(6-3)23-22-12(5-2)10(16)8-14(18)19/h12-13H,4-9H2,1-3H3,(H,18,19). The predicted octanol–water partition coefficient (Wildman–Crippen LogP) is 1.45. The molecule has 0 saturated carbocycles. The lowest BCUT2D eigenvalue weighted by molar-refractivity contribution is -0.335. The number of Topliss-reactive ketones (excluding diaryl/α,β-unsaturated/α-hetero) is 2. The van der Waals surface area contributed by atoms with Crippen LogP contribution >= 0.6 is 0 Å². The fourth-order valence-corrected chi connectivity index (χ4v) is 1.62. The number of hydrogen-bond acceptors (Lipinski definition) is 7. The Bertz CT molecular complexity index is 418. The van der Waals surface area contributed by atoms with Crippen molar-refractivity contribution in [3.05, 3.63) is 0 Å². The van der Waals surface area contributed by atoms with Crippen molar-refractivity contribution in [1.82, 2.24) is 0 Å². The van der Waals surface area contributed by atoms with Crippen LogP contribution in [0, 0.1) is 0 Å². The first-order valence-corrected chi connectivity index (χ1v) is 7.60. The van der Waals surface area contributed by atoms with Gasteiger partial charge < -0.3 is 9.84 Å². The van der Waals surface area contributed by atoms with Gasteiger partial charge >= 0.3 is 11.9 Å². The molecule has 23 heavy (non-hydrogen) atoms. The summed E-state index contributed by atoms with van der Waals surface area (Å²) in [5, 5.41) is 8.59. The fraction of sp³-hybridized carbons (Fsp3) is 0.733. The van der Waals surface area contributed by atoms with E-state index in [4.69, 9.17) is 19.6 Å². The van der Waals surface area contributed by atoms with Gasteiger partial charge in [0.15, 0.2) is 23.8 Å². The monoisotopic (exact) mass is 332 g/mol. The summed E-state index contributed by atoms with van der Waals surface area (Å²) in [4.78, 5) is 55.3. The normalized spacial score (nSPS) is 13.2. The Hall–Kier alpha value is -1.80. The molecule has 0 aromatic carbocycles. The van der Waals surface area contributed by atoms with E-state index in [0.717, 1.165) is 0 Å². The third kappa shape index (κ3) is 9.04.